The van der Waals surface area contributed by atoms with Crippen LogP contribution in [-0.4, -0.2) is 26.8 Å². The zero-order valence-corrected chi connectivity index (χ0v) is 19.3. The number of hydrogen-bond donors (Lipinski definition) is 2. The molecule has 2 N–H and O–H groups in total. The lowest BCUT2D eigenvalue weighted by Crippen LogP contribution is -2.28. The molecular formula is C21H16Cl2N4O2S2. The van der Waals surface area contributed by atoms with Crippen molar-refractivity contribution in [3.05, 3.63) is 73.1 Å². The number of thiophene rings is 1. The lowest BCUT2D eigenvalue weighted by atomic mass is 10.00. The van der Waals surface area contributed by atoms with E-state index < -0.39 is 5.56 Å². The van der Waals surface area contributed by atoms with Gasteiger partial charge in [0, 0.05) is 5.56 Å². The summed E-state index contributed by atoms with van der Waals surface area (Å²) in [6, 6.07) is 15.5. The van der Waals surface area contributed by atoms with Crippen LogP contribution in [0.15, 0.2) is 58.5 Å². The molecule has 0 bridgehead atoms. The molecule has 0 radical (unpaired) electrons. The number of carbonyl (C=O) groups is 1. The Bertz CT molecular complexity index is 1320. The maximum absolute atomic E-state index is 12.5. The Kier molecular flexibility index (Phi) is 6.62. The number of aromatic amines is 1. The van der Waals surface area contributed by atoms with Gasteiger partial charge in [-0.05, 0) is 29.3 Å². The third kappa shape index (κ3) is 4.93. The summed E-state index contributed by atoms with van der Waals surface area (Å²) in [5, 5.41) is 13.4. The molecule has 4 aromatic rings. The van der Waals surface area contributed by atoms with Crippen LogP contribution in [0, 0.1) is 0 Å². The number of nitrogens with one attached hydrogen (secondary N) is 2. The number of thioether (sulfide) groups is 1. The Balaban J connectivity index is 1.41. The van der Waals surface area contributed by atoms with Crippen LogP contribution in [0.4, 0.5) is 0 Å². The van der Waals surface area contributed by atoms with E-state index in [0.717, 1.165) is 39.4 Å². The molecule has 0 aliphatic heterocycles. The molecule has 2 heterocycles. The molecule has 31 heavy (non-hydrogen) atoms. The summed E-state index contributed by atoms with van der Waals surface area (Å²) < 4.78 is 0.823. The summed E-state index contributed by atoms with van der Waals surface area (Å²) in [5.74, 6) is -0.0887. The number of benzene rings is 2. The van der Waals surface area contributed by atoms with Crippen molar-refractivity contribution in [1.29, 1.82) is 0 Å². The molecule has 158 valence electrons. The molecule has 4 rings (SSSR count). The van der Waals surface area contributed by atoms with Crippen molar-refractivity contribution >= 4 is 63.0 Å². The summed E-state index contributed by atoms with van der Waals surface area (Å²) in [7, 11) is 0. The van der Waals surface area contributed by atoms with E-state index in [9.17, 15) is 9.59 Å². The van der Waals surface area contributed by atoms with Crippen molar-refractivity contribution in [3.8, 4) is 11.3 Å². The van der Waals surface area contributed by atoms with Gasteiger partial charge in [-0.3, -0.25) is 14.6 Å². The first-order chi connectivity index (χ1) is 14.9. The van der Waals surface area contributed by atoms with Gasteiger partial charge in [-0.25, -0.2) is 0 Å². The first kappa shape index (κ1) is 21.8. The topological polar surface area (TPSA) is 87.7 Å². The van der Waals surface area contributed by atoms with Crippen LogP contribution in [0.1, 0.15) is 18.5 Å². The number of hydrogen-bond acceptors (Lipinski definition) is 6. The second kappa shape index (κ2) is 9.40. The molecule has 1 amide bonds. The van der Waals surface area contributed by atoms with Crippen LogP contribution in [0.25, 0.3) is 22.0 Å². The molecule has 6 nitrogen and oxygen atoms in total. The van der Waals surface area contributed by atoms with Gasteiger partial charge in [0.15, 0.2) is 10.9 Å². The summed E-state index contributed by atoms with van der Waals surface area (Å²) in [6.07, 6.45) is 0. The monoisotopic (exact) mass is 490 g/mol. The summed E-state index contributed by atoms with van der Waals surface area (Å²) in [4.78, 5) is 27.5. The maximum Gasteiger partial charge on any atom is 0.278 e. The summed E-state index contributed by atoms with van der Waals surface area (Å²) >= 11 is 14.3. The molecule has 0 fully saturated rings. The third-order valence-electron chi connectivity index (χ3n) is 4.60. The van der Waals surface area contributed by atoms with E-state index in [0.29, 0.717) is 14.2 Å². The SMILES string of the molecule is C[C@@H](NC(=O)CSc1nnc(-c2cc(Cl)sc2Cl)c(=O)[nH]1)c1cccc2ccccc12. The number of nitrogens with zero attached hydrogens (tertiary/aromatic N) is 2. The summed E-state index contributed by atoms with van der Waals surface area (Å²) in [6.45, 7) is 1.94. The zero-order valence-electron chi connectivity index (χ0n) is 16.2. The van der Waals surface area contributed by atoms with Crippen molar-refractivity contribution in [2.45, 2.75) is 18.1 Å². The number of aromatic nitrogens is 3. The van der Waals surface area contributed by atoms with Crippen molar-refractivity contribution in [3.63, 3.8) is 0 Å². The Labute approximate surface area is 196 Å². The fourth-order valence-electron chi connectivity index (χ4n) is 3.19. The first-order valence-electron chi connectivity index (χ1n) is 9.24. The van der Waals surface area contributed by atoms with E-state index in [1.807, 2.05) is 49.4 Å². The van der Waals surface area contributed by atoms with Gasteiger partial charge in [0.05, 0.1) is 16.1 Å². The van der Waals surface area contributed by atoms with E-state index >= 15 is 0 Å². The predicted molar refractivity (Wildman–Crippen MR) is 127 cm³/mol. The minimum Gasteiger partial charge on any atom is -0.349 e. The van der Waals surface area contributed by atoms with Gasteiger partial charge in [-0.1, -0.05) is 77.4 Å². The van der Waals surface area contributed by atoms with Crippen molar-refractivity contribution in [2.75, 3.05) is 5.75 Å². The van der Waals surface area contributed by atoms with Crippen molar-refractivity contribution in [1.82, 2.24) is 20.5 Å². The van der Waals surface area contributed by atoms with Gasteiger partial charge >= 0.3 is 0 Å². The minimum atomic E-state index is -0.446. The number of amides is 1. The smallest absolute Gasteiger partial charge is 0.278 e. The molecule has 0 saturated carbocycles. The van der Waals surface area contributed by atoms with Gasteiger partial charge < -0.3 is 5.32 Å². The van der Waals surface area contributed by atoms with Crippen LogP contribution in [0.3, 0.4) is 0 Å². The number of carbonyl (C=O) groups excluding carboxylic acids is 1. The molecule has 0 unspecified atom stereocenters. The van der Waals surface area contributed by atoms with Crippen LogP contribution in [0.5, 0.6) is 0 Å². The average Bonchev–Trinajstić information content (AvgIpc) is 3.09. The van der Waals surface area contributed by atoms with Gasteiger partial charge in [0.1, 0.15) is 4.34 Å². The minimum absolute atomic E-state index is 0.0874. The van der Waals surface area contributed by atoms with E-state index in [4.69, 9.17) is 23.2 Å². The maximum atomic E-state index is 12.5. The Morgan fingerprint density at radius 2 is 1.97 bits per heavy atom. The van der Waals surface area contributed by atoms with Crippen LogP contribution < -0.4 is 10.9 Å². The molecule has 2 aromatic carbocycles. The quantitative estimate of drug-likeness (QED) is 0.357. The molecular weight excluding hydrogens is 475 g/mol. The standard InChI is InChI=1S/C21H16Cl2N4O2S2/c1-11(13-8-4-6-12-5-2-3-7-14(12)13)24-17(28)10-30-21-25-20(29)18(26-27-21)15-9-16(22)31-19(15)23/h2-9,11H,10H2,1H3,(H,24,28)(H,25,27,29)/t11-/m1/s1. The van der Waals surface area contributed by atoms with Crippen LogP contribution in [0.2, 0.25) is 8.67 Å². The lowest BCUT2D eigenvalue weighted by Gasteiger charge is -2.16. The third-order valence-corrected chi connectivity index (χ3v) is 6.95. The normalized spacial score (nSPS) is 12.1. The second-order valence-electron chi connectivity index (χ2n) is 6.69. The summed E-state index contributed by atoms with van der Waals surface area (Å²) in [5.41, 5.74) is 1.12. The molecule has 0 saturated heterocycles. The molecule has 10 heteroatoms. The first-order valence-corrected chi connectivity index (χ1v) is 11.8. The van der Waals surface area contributed by atoms with Crippen molar-refractivity contribution in [2.24, 2.45) is 0 Å². The van der Waals surface area contributed by atoms with Gasteiger partial charge in [-0.15, -0.1) is 21.5 Å². The number of H-pyrrole nitrogens is 1. The highest BCUT2D eigenvalue weighted by Crippen LogP contribution is 2.36. The fraction of sp³-hybridized carbons (Fsp3) is 0.143. The van der Waals surface area contributed by atoms with E-state index in [-0.39, 0.29) is 28.6 Å². The van der Waals surface area contributed by atoms with Crippen molar-refractivity contribution < 1.29 is 4.79 Å². The van der Waals surface area contributed by atoms with E-state index in [1.54, 1.807) is 6.07 Å². The average molecular weight is 491 g/mol. The van der Waals surface area contributed by atoms with E-state index in [2.05, 4.69) is 20.5 Å². The molecule has 0 spiro atoms. The zero-order chi connectivity index (χ0) is 22.0. The number of fused-ring (bicyclic) bond motifs is 1. The highest BCUT2D eigenvalue weighted by molar-refractivity contribution is 7.99. The predicted octanol–water partition coefficient (Wildman–Crippen LogP) is 5.32. The largest absolute Gasteiger partial charge is 0.349 e. The fourth-order valence-corrected chi connectivity index (χ4v) is 5.27. The highest BCUT2D eigenvalue weighted by atomic mass is 35.5. The van der Waals surface area contributed by atoms with E-state index in [1.165, 1.54) is 0 Å². The number of halogens is 2. The molecule has 0 aliphatic rings. The van der Waals surface area contributed by atoms with Gasteiger partial charge in [0.2, 0.25) is 5.91 Å². The second-order valence-corrected chi connectivity index (χ2v) is 9.94. The molecule has 0 aliphatic carbocycles. The molecule has 2 aromatic heterocycles. The molecule has 1 atom stereocenters. The Hall–Kier alpha value is -2.39. The van der Waals surface area contributed by atoms with Gasteiger partial charge in [0.25, 0.3) is 5.56 Å². The Morgan fingerprint density at radius 1 is 1.19 bits per heavy atom. The van der Waals surface area contributed by atoms with Crippen LogP contribution in [-0.2, 0) is 4.79 Å². The van der Waals surface area contributed by atoms with Crippen LogP contribution >= 0.6 is 46.3 Å². The van der Waals surface area contributed by atoms with Gasteiger partial charge in [-0.2, -0.15) is 0 Å². The number of rotatable bonds is 6. The highest BCUT2D eigenvalue weighted by Gasteiger charge is 2.16. The Morgan fingerprint density at radius 3 is 2.71 bits per heavy atom. The lowest BCUT2D eigenvalue weighted by molar-refractivity contribution is -0.119.